The SMILES string of the molecule is O=C(O)c1cc2[nH]ccc2cc1Br. The maximum absolute atomic E-state index is 10.7. The number of hydrogen-bond acceptors (Lipinski definition) is 1. The Morgan fingerprint density at radius 3 is 2.92 bits per heavy atom. The molecule has 0 unspecified atom stereocenters. The lowest BCUT2D eigenvalue weighted by Crippen LogP contribution is -1.96. The first kappa shape index (κ1) is 8.31. The van der Waals surface area contributed by atoms with Gasteiger partial charge in [-0.2, -0.15) is 0 Å². The molecule has 0 saturated heterocycles. The first-order chi connectivity index (χ1) is 6.18. The molecule has 1 heterocycles. The van der Waals surface area contributed by atoms with Crippen LogP contribution in [0.2, 0.25) is 0 Å². The number of carboxylic acids is 1. The van der Waals surface area contributed by atoms with Crippen LogP contribution in [-0.2, 0) is 0 Å². The van der Waals surface area contributed by atoms with E-state index in [9.17, 15) is 4.79 Å². The molecule has 0 aliphatic heterocycles. The molecule has 0 saturated carbocycles. The van der Waals surface area contributed by atoms with Crippen LogP contribution in [0.25, 0.3) is 10.9 Å². The molecule has 0 aliphatic carbocycles. The Bertz CT molecular complexity index is 475. The minimum atomic E-state index is -0.927. The molecule has 0 amide bonds. The van der Waals surface area contributed by atoms with Gasteiger partial charge < -0.3 is 10.1 Å². The molecule has 1 aromatic carbocycles. The predicted octanol–water partition coefficient (Wildman–Crippen LogP) is 2.63. The Hall–Kier alpha value is -1.29. The van der Waals surface area contributed by atoms with E-state index in [-0.39, 0.29) is 5.56 Å². The fourth-order valence-corrected chi connectivity index (χ4v) is 1.77. The predicted molar refractivity (Wildman–Crippen MR) is 53.0 cm³/mol. The minimum absolute atomic E-state index is 0.273. The van der Waals surface area contributed by atoms with Gasteiger partial charge in [-0.25, -0.2) is 4.79 Å². The molecule has 66 valence electrons. The van der Waals surface area contributed by atoms with E-state index in [0.29, 0.717) is 4.47 Å². The highest BCUT2D eigenvalue weighted by atomic mass is 79.9. The van der Waals surface area contributed by atoms with Gasteiger partial charge in [0.2, 0.25) is 0 Å². The zero-order valence-corrected chi connectivity index (χ0v) is 8.13. The number of nitrogens with one attached hydrogen (secondary N) is 1. The third-order valence-electron chi connectivity index (χ3n) is 1.87. The van der Waals surface area contributed by atoms with Crippen LogP contribution in [0, 0.1) is 0 Å². The second kappa shape index (κ2) is 2.88. The second-order valence-corrected chi connectivity index (χ2v) is 3.56. The number of hydrogen-bond donors (Lipinski definition) is 2. The molecule has 4 heteroatoms. The van der Waals surface area contributed by atoms with Gasteiger partial charge in [-0.05, 0) is 34.1 Å². The maximum atomic E-state index is 10.7. The first-order valence-electron chi connectivity index (χ1n) is 3.68. The average molecular weight is 240 g/mol. The van der Waals surface area contributed by atoms with Gasteiger partial charge >= 0.3 is 5.97 Å². The van der Waals surface area contributed by atoms with Crippen molar-refractivity contribution < 1.29 is 9.90 Å². The molecule has 0 aliphatic rings. The summed E-state index contributed by atoms with van der Waals surface area (Å²) < 4.78 is 0.604. The number of carbonyl (C=O) groups is 1. The van der Waals surface area contributed by atoms with Gasteiger partial charge in [0.15, 0.2) is 0 Å². The Labute approximate surface area is 82.5 Å². The smallest absolute Gasteiger partial charge is 0.336 e. The summed E-state index contributed by atoms with van der Waals surface area (Å²) >= 11 is 3.21. The van der Waals surface area contributed by atoms with Crippen molar-refractivity contribution in [3.63, 3.8) is 0 Å². The summed E-state index contributed by atoms with van der Waals surface area (Å²) in [5.41, 5.74) is 1.11. The number of aromatic nitrogens is 1. The van der Waals surface area contributed by atoms with Crippen LogP contribution in [0.4, 0.5) is 0 Å². The molecule has 0 fully saturated rings. The molecule has 1 aromatic heterocycles. The highest BCUT2D eigenvalue weighted by molar-refractivity contribution is 9.10. The molecule has 2 aromatic rings. The molecule has 0 atom stereocenters. The van der Waals surface area contributed by atoms with E-state index in [1.807, 2.05) is 6.07 Å². The standard InChI is InChI=1S/C9H6BrNO2/c10-7-3-5-1-2-11-8(5)4-6(7)9(12)13/h1-4,11H,(H,12,13). The summed E-state index contributed by atoms with van der Waals surface area (Å²) in [5.74, 6) is -0.927. The van der Waals surface area contributed by atoms with E-state index in [4.69, 9.17) is 5.11 Å². The number of aromatic carboxylic acids is 1. The van der Waals surface area contributed by atoms with Crippen molar-refractivity contribution in [3.8, 4) is 0 Å². The topological polar surface area (TPSA) is 53.1 Å². The molecule has 0 radical (unpaired) electrons. The summed E-state index contributed by atoms with van der Waals surface area (Å²) in [5, 5.41) is 9.82. The quantitative estimate of drug-likeness (QED) is 0.804. The third-order valence-corrected chi connectivity index (χ3v) is 2.53. The monoisotopic (exact) mass is 239 g/mol. The maximum Gasteiger partial charge on any atom is 0.336 e. The fourth-order valence-electron chi connectivity index (χ4n) is 1.24. The van der Waals surface area contributed by atoms with Gasteiger partial charge in [-0.15, -0.1) is 0 Å². The molecule has 3 nitrogen and oxygen atoms in total. The molecule has 2 rings (SSSR count). The number of aromatic amines is 1. The van der Waals surface area contributed by atoms with Crippen molar-refractivity contribution in [2.24, 2.45) is 0 Å². The Morgan fingerprint density at radius 1 is 1.46 bits per heavy atom. The summed E-state index contributed by atoms with van der Waals surface area (Å²) in [6, 6.07) is 5.29. The first-order valence-corrected chi connectivity index (χ1v) is 4.48. The summed E-state index contributed by atoms with van der Waals surface area (Å²) in [7, 11) is 0. The average Bonchev–Trinajstić information content (AvgIpc) is 2.48. The van der Waals surface area contributed by atoms with E-state index >= 15 is 0 Å². The highest BCUT2D eigenvalue weighted by Crippen LogP contribution is 2.23. The summed E-state index contributed by atoms with van der Waals surface area (Å²) in [4.78, 5) is 13.7. The van der Waals surface area contributed by atoms with E-state index in [2.05, 4.69) is 20.9 Å². The number of benzene rings is 1. The van der Waals surface area contributed by atoms with E-state index in [0.717, 1.165) is 10.9 Å². The Morgan fingerprint density at radius 2 is 2.23 bits per heavy atom. The Balaban J connectivity index is 2.76. The molecule has 0 spiro atoms. The van der Waals surface area contributed by atoms with Crippen LogP contribution in [0.5, 0.6) is 0 Å². The normalized spacial score (nSPS) is 10.5. The summed E-state index contributed by atoms with van der Waals surface area (Å²) in [6.07, 6.45) is 1.78. The van der Waals surface area contributed by atoms with E-state index in [1.165, 1.54) is 0 Å². The van der Waals surface area contributed by atoms with Gasteiger partial charge in [0.25, 0.3) is 0 Å². The Kier molecular flexibility index (Phi) is 1.84. The molecule has 0 bridgehead atoms. The van der Waals surface area contributed by atoms with Crippen LogP contribution in [-0.4, -0.2) is 16.1 Å². The van der Waals surface area contributed by atoms with Gasteiger partial charge in [-0.3, -0.25) is 0 Å². The second-order valence-electron chi connectivity index (χ2n) is 2.70. The fraction of sp³-hybridized carbons (Fsp3) is 0. The number of halogens is 1. The lowest BCUT2D eigenvalue weighted by Gasteiger charge is -1.98. The lowest BCUT2D eigenvalue weighted by atomic mass is 10.2. The van der Waals surface area contributed by atoms with Crippen LogP contribution in [0.1, 0.15) is 10.4 Å². The molecule has 13 heavy (non-hydrogen) atoms. The third kappa shape index (κ3) is 1.33. The number of rotatable bonds is 1. The highest BCUT2D eigenvalue weighted by Gasteiger charge is 2.09. The van der Waals surface area contributed by atoms with E-state index in [1.54, 1.807) is 18.3 Å². The van der Waals surface area contributed by atoms with Crippen LogP contribution < -0.4 is 0 Å². The van der Waals surface area contributed by atoms with Crippen molar-refractivity contribution in [2.75, 3.05) is 0 Å². The number of fused-ring (bicyclic) bond motifs is 1. The van der Waals surface area contributed by atoms with Gasteiger partial charge in [0.05, 0.1) is 5.56 Å². The van der Waals surface area contributed by atoms with Crippen molar-refractivity contribution >= 4 is 32.8 Å². The zero-order valence-electron chi connectivity index (χ0n) is 6.54. The minimum Gasteiger partial charge on any atom is -0.478 e. The van der Waals surface area contributed by atoms with Crippen LogP contribution in [0.3, 0.4) is 0 Å². The lowest BCUT2D eigenvalue weighted by molar-refractivity contribution is 0.0696. The van der Waals surface area contributed by atoms with Crippen molar-refractivity contribution in [1.82, 2.24) is 4.98 Å². The van der Waals surface area contributed by atoms with Crippen LogP contribution in [0.15, 0.2) is 28.9 Å². The van der Waals surface area contributed by atoms with Gasteiger partial charge in [-0.1, -0.05) is 0 Å². The van der Waals surface area contributed by atoms with Crippen molar-refractivity contribution in [1.29, 1.82) is 0 Å². The van der Waals surface area contributed by atoms with Gasteiger partial charge in [0.1, 0.15) is 0 Å². The molecule has 2 N–H and O–H groups in total. The molecular weight excluding hydrogens is 234 g/mol. The molecular formula is C9H6BrNO2. The summed E-state index contributed by atoms with van der Waals surface area (Å²) in [6.45, 7) is 0. The van der Waals surface area contributed by atoms with Crippen LogP contribution >= 0.6 is 15.9 Å². The van der Waals surface area contributed by atoms with E-state index < -0.39 is 5.97 Å². The van der Waals surface area contributed by atoms with Crippen molar-refractivity contribution in [3.05, 3.63) is 34.4 Å². The largest absolute Gasteiger partial charge is 0.478 e. The number of H-pyrrole nitrogens is 1. The van der Waals surface area contributed by atoms with Crippen molar-refractivity contribution in [2.45, 2.75) is 0 Å². The zero-order chi connectivity index (χ0) is 9.42. The number of carboxylic acid groups (broad SMARTS) is 1. The van der Waals surface area contributed by atoms with Gasteiger partial charge in [0, 0.05) is 21.6 Å².